The first-order chi connectivity index (χ1) is 19.1. The number of halogens is 5. The van der Waals surface area contributed by atoms with Crippen LogP contribution >= 0.6 is 27.5 Å². The Morgan fingerprint density at radius 2 is 1.59 bits per heavy atom. The van der Waals surface area contributed by atoms with Gasteiger partial charge in [0.05, 0.1) is 21.2 Å². The second kappa shape index (κ2) is 13.3. The highest BCUT2D eigenvalue weighted by Gasteiger charge is 2.36. The molecular formula is C28H28BrClF3N3O4S. The van der Waals surface area contributed by atoms with E-state index >= 15 is 0 Å². The molecule has 0 bridgehead atoms. The van der Waals surface area contributed by atoms with Crippen LogP contribution in [0.1, 0.15) is 31.9 Å². The number of anilines is 1. The highest BCUT2D eigenvalue weighted by Crippen LogP contribution is 2.37. The number of alkyl halides is 3. The van der Waals surface area contributed by atoms with Crippen molar-refractivity contribution in [2.75, 3.05) is 10.8 Å². The number of benzene rings is 3. The highest BCUT2D eigenvalue weighted by molar-refractivity contribution is 9.10. The Balaban J connectivity index is 2.12. The average molecular weight is 675 g/mol. The summed E-state index contributed by atoms with van der Waals surface area (Å²) in [6.07, 6.45) is -4.80. The van der Waals surface area contributed by atoms with Crippen LogP contribution in [0.3, 0.4) is 0 Å². The first kappa shape index (κ1) is 32.4. The van der Waals surface area contributed by atoms with E-state index in [9.17, 15) is 31.2 Å². The Bertz CT molecular complexity index is 1490. The lowest BCUT2D eigenvalue weighted by Gasteiger charge is -2.32. The van der Waals surface area contributed by atoms with Crippen LogP contribution in [0.4, 0.5) is 18.9 Å². The summed E-state index contributed by atoms with van der Waals surface area (Å²) in [5, 5.41) is 2.42. The number of carbonyl (C=O) groups excluding carboxylic acids is 2. The smallest absolute Gasteiger partial charge is 0.352 e. The Kier molecular flexibility index (Phi) is 10.5. The normalized spacial score (nSPS) is 12.6. The minimum Gasteiger partial charge on any atom is -0.352 e. The third-order valence-corrected chi connectivity index (χ3v) is 8.64. The van der Waals surface area contributed by atoms with Gasteiger partial charge >= 0.3 is 6.18 Å². The van der Waals surface area contributed by atoms with Gasteiger partial charge in [-0.25, -0.2) is 8.42 Å². The molecule has 1 atom stereocenters. The van der Waals surface area contributed by atoms with Crippen molar-refractivity contribution >= 4 is 55.1 Å². The van der Waals surface area contributed by atoms with E-state index < -0.39 is 51.9 Å². The van der Waals surface area contributed by atoms with Crippen molar-refractivity contribution < 1.29 is 31.2 Å². The van der Waals surface area contributed by atoms with Crippen LogP contribution in [0, 0.1) is 0 Å². The van der Waals surface area contributed by atoms with E-state index in [1.54, 1.807) is 44.2 Å². The van der Waals surface area contributed by atoms with Gasteiger partial charge in [0.2, 0.25) is 11.8 Å². The molecule has 3 aromatic carbocycles. The standard InChI is InChI=1S/C28H28BrClF3N3O4S/c1-18(2)34-27(38)19(3)35(16-20-9-12-22(29)13-10-20)26(37)17-36(41(39,40)23-7-5-4-6-8-23)25-15-21(28(31,32)33)11-14-24(25)30/h4-15,18-19H,16-17H2,1-3H3,(H,34,38)/t19-/m1/s1. The third kappa shape index (κ3) is 8.23. The van der Waals surface area contributed by atoms with Gasteiger partial charge in [0, 0.05) is 17.1 Å². The largest absolute Gasteiger partial charge is 0.416 e. The summed E-state index contributed by atoms with van der Waals surface area (Å²) in [7, 11) is -4.58. The van der Waals surface area contributed by atoms with Crippen molar-refractivity contribution in [2.24, 2.45) is 0 Å². The predicted molar refractivity (Wildman–Crippen MR) is 155 cm³/mol. The molecule has 0 aliphatic rings. The summed E-state index contributed by atoms with van der Waals surface area (Å²) < 4.78 is 69.7. The van der Waals surface area contributed by atoms with E-state index in [4.69, 9.17) is 11.6 Å². The molecule has 0 fully saturated rings. The van der Waals surface area contributed by atoms with E-state index in [1.165, 1.54) is 36.1 Å². The molecule has 0 saturated heterocycles. The molecule has 0 unspecified atom stereocenters. The minimum atomic E-state index is -4.80. The lowest BCUT2D eigenvalue weighted by molar-refractivity contribution is -0.139. The summed E-state index contributed by atoms with van der Waals surface area (Å²) in [6, 6.07) is 14.8. The van der Waals surface area contributed by atoms with E-state index in [0.29, 0.717) is 15.9 Å². The van der Waals surface area contributed by atoms with Crippen LogP contribution in [0.25, 0.3) is 0 Å². The van der Waals surface area contributed by atoms with Gasteiger partial charge in [-0.2, -0.15) is 13.2 Å². The van der Waals surface area contributed by atoms with Gasteiger partial charge in [0.25, 0.3) is 10.0 Å². The lowest BCUT2D eigenvalue weighted by Crippen LogP contribution is -2.52. The Hall–Kier alpha value is -3.09. The molecule has 3 aromatic rings. The maximum absolute atomic E-state index is 13.9. The number of sulfonamides is 1. The predicted octanol–water partition coefficient (Wildman–Crippen LogP) is 6.26. The molecule has 0 aromatic heterocycles. The molecule has 0 aliphatic heterocycles. The molecule has 220 valence electrons. The van der Waals surface area contributed by atoms with Crippen LogP contribution in [0.5, 0.6) is 0 Å². The number of amides is 2. The number of hydrogen-bond donors (Lipinski definition) is 1. The SMILES string of the molecule is CC(C)NC(=O)[C@@H](C)N(Cc1ccc(Br)cc1)C(=O)CN(c1cc(C(F)(F)F)ccc1Cl)S(=O)(=O)c1ccccc1. The van der Waals surface area contributed by atoms with Crippen molar-refractivity contribution in [3.8, 4) is 0 Å². The molecule has 2 amide bonds. The number of nitrogens with zero attached hydrogens (tertiary/aromatic N) is 2. The summed E-state index contributed by atoms with van der Waals surface area (Å²) in [5.74, 6) is -1.31. The minimum absolute atomic E-state index is 0.0751. The number of rotatable bonds is 10. The van der Waals surface area contributed by atoms with Crippen molar-refractivity contribution in [2.45, 2.75) is 50.5 Å². The van der Waals surface area contributed by atoms with Gasteiger partial charge in [-0.3, -0.25) is 13.9 Å². The van der Waals surface area contributed by atoms with E-state index in [2.05, 4.69) is 21.2 Å². The first-order valence-corrected chi connectivity index (χ1v) is 15.0. The summed E-state index contributed by atoms with van der Waals surface area (Å²) >= 11 is 9.58. The van der Waals surface area contributed by atoms with Crippen LogP contribution < -0.4 is 9.62 Å². The number of hydrogen-bond acceptors (Lipinski definition) is 4. The fourth-order valence-corrected chi connectivity index (χ4v) is 5.87. The molecule has 7 nitrogen and oxygen atoms in total. The quantitative estimate of drug-likeness (QED) is 0.275. The van der Waals surface area contributed by atoms with Gasteiger partial charge in [-0.15, -0.1) is 0 Å². The maximum Gasteiger partial charge on any atom is 0.416 e. The highest BCUT2D eigenvalue weighted by atomic mass is 79.9. The van der Waals surface area contributed by atoms with Gasteiger partial charge in [-0.05, 0) is 68.8 Å². The van der Waals surface area contributed by atoms with Gasteiger partial charge in [0.15, 0.2) is 0 Å². The van der Waals surface area contributed by atoms with Crippen LogP contribution in [-0.2, 0) is 32.3 Å². The third-order valence-electron chi connectivity index (χ3n) is 6.02. The second-order valence-corrected chi connectivity index (χ2v) is 12.7. The second-order valence-electron chi connectivity index (χ2n) is 9.48. The van der Waals surface area contributed by atoms with E-state index in [-0.39, 0.29) is 22.5 Å². The molecule has 0 spiro atoms. The fourth-order valence-electron chi connectivity index (χ4n) is 3.89. The van der Waals surface area contributed by atoms with Gasteiger partial charge in [0.1, 0.15) is 12.6 Å². The zero-order chi connectivity index (χ0) is 30.5. The molecule has 0 heterocycles. The van der Waals surface area contributed by atoms with E-state index in [1.807, 2.05) is 0 Å². The molecule has 1 N–H and O–H groups in total. The lowest BCUT2D eigenvalue weighted by atomic mass is 10.1. The van der Waals surface area contributed by atoms with Crippen LogP contribution in [0.15, 0.2) is 82.2 Å². The first-order valence-electron chi connectivity index (χ1n) is 12.4. The summed E-state index contributed by atoms with van der Waals surface area (Å²) in [6.45, 7) is 3.98. The molecule has 41 heavy (non-hydrogen) atoms. The monoisotopic (exact) mass is 673 g/mol. The van der Waals surface area contributed by atoms with Crippen LogP contribution in [0.2, 0.25) is 5.02 Å². The Labute approximate surface area is 250 Å². The van der Waals surface area contributed by atoms with Crippen molar-refractivity contribution in [3.05, 3.63) is 93.4 Å². The fraction of sp³-hybridized carbons (Fsp3) is 0.286. The molecule has 0 radical (unpaired) electrons. The van der Waals surface area contributed by atoms with Crippen LogP contribution in [-0.4, -0.2) is 43.8 Å². The summed E-state index contributed by atoms with van der Waals surface area (Å²) in [4.78, 5) is 27.7. The molecule has 0 saturated carbocycles. The zero-order valence-corrected chi connectivity index (χ0v) is 25.5. The molecule has 0 aliphatic carbocycles. The topological polar surface area (TPSA) is 86.8 Å². The molecular weight excluding hydrogens is 647 g/mol. The van der Waals surface area contributed by atoms with Gasteiger partial charge < -0.3 is 10.2 Å². The zero-order valence-electron chi connectivity index (χ0n) is 22.3. The Morgan fingerprint density at radius 1 is 0.976 bits per heavy atom. The van der Waals surface area contributed by atoms with Gasteiger partial charge in [-0.1, -0.05) is 57.9 Å². The van der Waals surface area contributed by atoms with Crippen molar-refractivity contribution in [3.63, 3.8) is 0 Å². The van der Waals surface area contributed by atoms with Crippen molar-refractivity contribution in [1.82, 2.24) is 10.2 Å². The Morgan fingerprint density at radius 3 is 2.15 bits per heavy atom. The number of carbonyl (C=O) groups is 2. The maximum atomic E-state index is 13.9. The molecule has 13 heteroatoms. The molecule has 3 rings (SSSR count). The summed E-state index contributed by atoms with van der Waals surface area (Å²) in [5.41, 5.74) is -1.03. The number of nitrogens with one attached hydrogen (secondary N) is 1. The van der Waals surface area contributed by atoms with Crippen molar-refractivity contribution in [1.29, 1.82) is 0 Å². The average Bonchev–Trinajstić information content (AvgIpc) is 2.90. The van der Waals surface area contributed by atoms with E-state index in [0.717, 1.165) is 16.6 Å².